The molecule has 0 saturated carbocycles. The number of hydrogen-bond acceptors (Lipinski definition) is 6. The molecule has 0 bridgehead atoms. The highest BCUT2D eigenvalue weighted by atomic mass is 32.1. The van der Waals surface area contributed by atoms with Gasteiger partial charge in [0.15, 0.2) is 5.13 Å². The van der Waals surface area contributed by atoms with Crippen molar-refractivity contribution < 1.29 is 9.63 Å². The number of carbonyl (C=O) groups is 1. The van der Waals surface area contributed by atoms with Crippen molar-refractivity contribution in [2.45, 2.75) is 20.4 Å². The molecule has 1 rings (SSSR count). The van der Waals surface area contributed by atoms with Crippen LogP contribution in [0.5, 0.6) is 0 Å². The number of thiazole rings is 1. The average Bonchev–Trinajstić information content (AvgIpc) is 2.75. The van der Waals surface area contributed by atoms with Gasteiger partial charge in [0.2, 0.25) is 5.91 Å². The molecule has 0 atom stereocenters. The molecule has 17 heavy (non-hydrogen) atoms. The van der Waals surface area contributed by atoms with Crippen LogP contribution >= 0.6 is 11.3 Å². The number of carbonyl (C=O) groups excluding carboxylic acids is 1. The van der Waals surface area contributed by atoms with Crippen molar-refractivity contribution in [2.24, 2.45) is 5.73 Å². The maximum atomic E-state index is 10.4. The Morgan fingerprint density at radius 2 is 2.29 bits per heavy atom. The van der Waals surface area contributed by atoms with Crippen molar-refractivity contribution in [3.63, 3.8) is 0 Å². The maximum Gasteiger partial charge on any atom is 0.245 e. The highest BCUT2D eigenvalue weighted by molar-refractivity contribution is 7.15. The molecule has 0 aliphatic heterocycles. The third-order valence-corrected chi connectivity index (χ3v) is 3.20. The molecular weight excluding hydrogens is 240 g/mol. The van der Waals surface area contributed by atoms with Gasteiger partial charge in [0.1, 0.15) is 6.61 Å². The van der Waals surface area contributed by atoms with Crippen LogP contribution in [0.3, 0.4) is 0 Å². The number of nitrogens with one attached hydrogen (secondary N) is 1. The molecule has 0 aliphatic rings. The smallest absolute Gasteiger partial charge is 0.245 e. The summed E-state index contributed by atoms with van der Waals surface area (Å²) in [4.78, 5) is 22.8. The van der Waals surface area contributed by atoms with Gasteiger partial charge in [-0.2, -0.15) is 5.48 Å². The van der Waals surface area contributed by atoms with E-state index >= 15 is 0 Å². The molecule has 96 valence electrons. The van der Waals surface area contributed by atoms with Gasteiger partial charge in [0, 0.05) is 24.2 Å². The van der Waals surface area contributed by atoms with E-state index in [4.69, 9.17) is 10.6 Å². The van der Waals surface area contributed by atoms with Gasteiger partial charge in [-0.05, 0) is 13.8 Å². The van der Waals surface area contributed by atoms with Crippen LogP contribution in [0.1, 0.15) is 18.7 Å². The highest BCUT2D eigenvalue weighted by Crippen LogP contribution is 2.21. The van der Waals surface area contributed by atoms with E-state index in [1.165, 1.54) is 0 Å². The minimum Gasteiger partial charge on any atom is -0.368 e. The van der Waals surface area contributed by atoms with Crippen molar-refractivity contribution in [3.05, 3.63) is 11.1 Å². The predicted molar refractivity (Wildman–Crippen MR) is 67.7 cm³/mol. The van der Waals surface area contributed by atoms with Crippen molar-refractivity contribution in [1.29, 1.82) is 0 Å². The molecule has 0 saturated heterocycles. The number of amides is 1. The van der Waals surface area contributed by atoms with E-state index in [9.17, 15) is 4.79 Å². The molecule has 0 aliphatic carbocycles. The van der Waals surface area contributed by atoms with Gasteiger partial charge in [-0.25, -0.2) is 4.98 Å². The topological polar surface area (TPSA) is 80.5 Å². The molecule has 1 aromatic rings. The minimum atomic E-state index is -0.495. The van der Waals surface area contributed by atoms with E-state index in [1.54, 1.807) is 17.5 Å². The van der Waals surface area contributed by atoms with Gasteiger partial charge in [-0.15, -0.1) is 11.3 Å². The monoisotopic (exact) mass is 258 g/mol. The lowest BCUT2D eigenvalue weighted by Crippen LogP contribution is -2.24. The Morgan fingerprint density at radius 1 is 1.59 bits per heavy atom. The fraction of sp³-hybridized carbons (Fsp3) is 0.600. The van der Waals surface area contributed by atoms with Crippen molar-refractivity contribution in [3.8, 4) is 0 Å². The quantitative estimate of drug-likeness (QED) is 0.524. The first kappa shape index (κ1) is 13.9. The summed E-state index contributed by atoms with van der Waals surface area (Å²) in [5, 5.41) is 1.00. The summed E-state index contributed by atoms with van der Waals surface area (Å²) in [6, 6.07) is 0. The first-order chi connectivity index (χ1) is 8.17. The Kier molecular flexibility index (Phi) is 5.88. The Balaban J connectivity index is 2.37. The molecule has 1 heterocycles. The number of hydrogen-bond donors (Lipinski definition) is 2. The second-order valence-electron chi connectivity index (χ2n) is 3.36. The molecule has 3 N–H and O–H groups in total. The molecule has 0 aromatic carbocycles. The molecule has 0 spiro atoms. The number of rotatable bonds is 8. The van der Waals surface area contributed by atoms with E-state index in [1.807, 2.05) is 0 Å². The maximum absolute atomic E-state index is 10.4. The lowest BCUT2D eigenvalue weighted by Gasteiger charge is -2.16. The third kappa shape index (κ3) is 4.68. The lowest BCUT2D eigenvalue weighted by molar-refractivity contribution is -0.125. The number of anilines is 1. The van der Waals surface area contributed by atoms with Crippen LogP contribution in [-0.2, 0) is 16.2 Å². The van der Waals surface area contributed by atoms with Crippen LogP contribution in [0.25, 0.3) is 0 Å². The molecule has 0 fully saturated rings. The zero-order valence-electron chi connectivity index (χ0n) is 10.1. The predicted octanol–water partition coefficient (Wildman–Crippen LogP) is 0.496. The van der Waals surface area contributed by atoms with E-state index in [0.29, 0.717) is 6.54 Å². The largest absolute Gasteiger partial charge is 0.368 e. The van der Waals surface area contributed by atoms with Crippen LogP contribution in [0.2, 0.25) is 0 Å². The summed E-state index contributed by atoms with van der Waals surface area (Å²) in [6.45, 7) is 6.47. The van der Waals surface area contributed by atoms with Gasteiger partial charge in [0.05, 0.1) is 6.54 Å². The van der Waals surface area contributed by atoms with E-state index in [0.717, 1.165) is 23.1 Å². The normalized spacial score (nSPS) is 10.5. The zero-order chi connectivity index (χ0) is 12.7. The molecule has 6 nitrogen and oxygen atoms in total. The second kappa shape index (κ2) is 7.21. The van der Waals surface area contributed by atoms with Gasteiger partial charge in [-0.1, -0.05) is 0 Å². The zero-order valence-corrected chi connectivity index (χ0v) is 10.9. The number of hydroxylamine groups is 1. The molecule has 0 radical (unpaired) electrons. The van der Waals surface area contributed by atoms with Crippen LogP contribution in [0.4, 0.5) is 5.13 Å². The Labute approximate surface area is 105 Å². The summed E-state index contributed by atoms with van der Waals surface area (Å²) in [5.41, 5.74) is 7.60. The van der Waals surface area contributed by atoms with Gasteiger partial charge in [-0.3, -0.25) is 9.63 Å². The molecule has 1 amide bonds. The van der Waals surface area contributed by atoms with Crippen molar-refractivity contribution in [1.82, 2.24) is 10.5 Å². The summed E-state index contributed by atoms with van der Waals surface area (Å²) in [5.74, 6) is -0.495. The van der Waals surface area contributed by atoms with Crippen LogP contribution in [-0.4, -0.2) is 30.6 Å². The van der Waals surface area contributed by atoms with E-state index < -0.39 is 5.91 Å². The Morgan fingerprint density at radius 3 is 2.88 bits per heavy atom. The Hall–Kier alpha value is -1.18. The molecule has 0 unspecified atom stereocenters. The summed E-state index contributed by atoms with van der Waals surface area (Å²) < 4.78 is 0. The minimum absolute atomic E-state index is 0.123. The Bertz CT molecular complexity index is 352. The number of nitrogens with two attached hydrogens (primary N) is 1. The first-order valence-corrected chi connectivity index (χ1v) is 6.31. The van der Waals surface area contributed by atoms with Crippen LogP contribution in [0, 0.1) is 0 Å². The van der Waals surface area contributed by atoms with Crippen LogP contribution < -0.4 is 16.1 Å². The average molecular weight is 258 g/mol. The van der Waals surface area contributed by atoms with Crippen LogP contribution in [0.15, 0.2) is 6.20 Å². The number of nitrogens with zero attached hydrogens (tertiary/aromatic N) is 2. The van der Waals surface area contributed by atoms with E-state index in [-0.39, 0.29) is 6.61 Å². The molecular formula is C10H18N4O2S. The number of aromatic nitrogens is 1. The summed E-state index contributed by atoms with van der Waals surface area (Å²) in [7, 11) is 0. The SMILES string of the molecule is CCN(CC)c1ncc(CNOCC(N)=O)s1. The van der Waals surface area contributed by atoms with Gasteiger partial charge >= 0.3 is 0 Å². The van der Waals surface area contributed by atoms with Gasteiger partial charge < -0.3 is 10.6 Å². The molecule has 1 aromatic heterocycles. The fourth-order valence-electron chi connectivity index (χ4n) is 1.26. The van der Waals surface area contributed by atoms with Crippen molar-refractivity contribution >= 4 is 22.4 Å². The fourth-order valence-corrected chi connectivity index (χ4v) is 2.23. The van der Waals surface area contributed by atoms with Gasteiger partial charge in [0.25, 0.3) is 0 Å². The summed E-state index contributed by atoms with van der Waals surface area (Å²) >= 11 is 1.61. The lowest BCUT2D eigenvalue weighted by atomic mass is 10.5. The number of primary amides is 1. The second-order valence-corrected chi connectivity index (χ2v) is 4.45. The standard InChI is InChI=1S/C10H18N4O2S/c1-3-14(4-2)10-12-5-8(17-10)6-13-16-7-9(11)15/h5,13H,3-4,6-7H2,1-2H3,(H2,11,15). The molecule has 7 heteroatoms. The highest BCUT2D eigenvalue weighted by Gasteiger charge is 2.07. The van der Waals surface area contributed by atoms with E-state index in [2.05, 4.69) is 29.2 Å². The van der Waals surface area contributed by atoms with Crippen molar-refractivity contribution in [2.75, 3.05) is 24.6 Å². The third-order valence-electron chi connectivity index (χ3n) is 2.14. The first-order valence-electron chi connectivity index (χ1n) is 5.50. The summed E-state index contributed by atoms with van der Waals surface area (Å²) in [6.07, 6.45) is 1.80.